The molecule has 3 N–H and O–H groups in total. The lowest BCUT2D eigenvalue weighted by Gasteiger charge is -2.14. The molecule has 7 heteroatoms. The molecule has 0 spiro atoms. The summed E-state index contributed by atoms with van der Waals surface area (Å²) in [6.45, 7) is 2.75. The van der Waals surface area contributed by atoms with E-state index < -0.39 is 11.7 Å². The summed E-state index contributed by atoms with van der Waals surface area (Å²) in [4.78, 5) is 27.2. The standard InChI is InChI=1S/C16H16FN3O3/c1-2-23-9-3-4-12(11(17)7-9)20-15(21)10-8-19-13-5-6-18-16(22)14(10)13/h3-4,7-8,19H,2,5-6H2,1H3,(H,18,22)(H,20,21). The highest BCUT2D eigenvalue weighted by atomic mass is 19.1. The van der Waals surface area contributed by atoms with Crippen LogP contribution in [0.15, 0.2) is 24.4 Å². The Morgan fingerprint density at radius 3 is 3.00 bits per heavy atom. The summed E-state index contributed by atoms with van der Waals surface area (Å²) in [5, 5.41) is 5.17. The maximum absolute atomic E-state index is 14.0. The number of fused-ring (bicyclic) bond motifs is 1. The molecule has 2 amide bonds. The molecule has 0 saturated carbocycles. The molecule has 0 bridgehead atoms. The van der Waals surface area contributed by atoms with Gasteiger partial charge in [0.25, 0.3) is 11.8 Å². The van der Waals surface area contributed by atoms with Crippen molar-refractivity contribution in [3.05, 3.63) is 47.0 Å². The van der Waals surface area contributed by atoms with Crippen molar-refractivity contribution in [2.45, 2.75) is 13.3 Å². The minimum absolute atomic E-state index is 0.0321. The highest BCUT2D eigenvalue weighted by Gasteiger charge is 2.26. The van der Waals surface area contributed by atoms with Crippen LogP contribution in [0.1, 0.15) is 33.3 Å². The summed E-state index contributed by atoms with van der Waals surface area (Å²) in [7, 11) is 0. The minimum atomic E-state index is -0.599. The summed E-state index contributed by atoms with van der Waals surface area (Å²) >= 11 is 0. The van der Waals surface area contributed by atoms with Crippen molar-refractivity contribution in [2.24, 2.45) is 0 Å². The summed E-state index contributed by atoms with van der Waals surface area (Å²) in [6.07, 6.45) is 2.10. The Balaban J connectivity index is 1.83. The van der Waals surface area contributed by atoms with Crippen LogP contribution >= 0.6 is 0 Å². The van der Waals surface area contributed by atoms with E-state index >= 15 is 0 Å². The van der Waals surface area contributed by atoms with E-state index in [-0.39, 0.29) is 17.2 Å². The zero-order valence-corrected chi connectivity index (χ0v) is 12.5. The number of aromatic amines is 1. The maximum atomic E-state index is 14.0. The Bertz CT molecular complexity index is 770. The van der Waals surface area contributed by atoms with Crippen molar-refractivity contribution in [3.63, 3.8) is 0 Å². The fraction of sp³-hybridized carbons (Fsp3) is 0.250. The van der Waals surface area contributed by atoms with Gasteiger partial charge in [0.15, 0.2) is 0 Å². The SMILES string of the molecule is CCOc1ccc(NC(=O)c2c[nH]c3c2C(=O)NCC3)c(F)c1. The van der Waals surface area contributed by atoms with Crippen LogP contribution in [0.3, 0.4) is 0 Å². The molecule has 120 valence electrons. The normalized spacial score (nSPS) is 13.2. The minimum Gasteiger partial charge on any atom is -0.494 e. The zero-order valence-electron chi connectivity index (χ0n) is 12.5. The molecule has 2 aromatic rings. The maximum Gasteiger partial charge on any atom is 0.258 e. The second-order valence-corrected chi connectivity index (χ2v) is 5.09. The number of carbonyl (C=O) groups is 2. The number of amides is 2. The average molecular weight is 317 g/mol. The second kappa shape index (κ2) is 6.12. The van der Waals surface area contributed by atoms with Gasteiger partial charge >= 0.3 is 0 Å². The van der Waals surface area contributed by atoms with Crippen molar-refractivity contribution >= 4 is 17.5 Å². The topological polar surface area (TPSA) is 83.2 Å². The molecule has 0 aliphatic carbocycles. The number of hydrogen-bond acceptors (Lipinski definition) is 3. The van der Waals surface area contributed by atoms with Crippen molar-refractivity contribution in [2.75, 3.05) is 18.5 Å². The molecule has 0 saturated heterocycles. The van der Waals surface area contributed by atoms with E-state index in [1.165, 1.54) is 18.3 Å². The van der Waals surface area contributed by atoms with Gasteiger partial charge in [0, 0.05) is 30.9 Å². The number of benzene rings is 1. The molecule has 1 aromatic heterocycles. The van der Waals surface area contributed by atoms with Crippen LogP contribution in [0.25, 0.3) is 0 Å². The molecule has 6 nitrogen and oxygen atoms in total. The van der Waals surface area contributed by atoms with E-state index in [1.807, 2.05) is 0 Å². The lowest BCUT2D eigenvalue weighted by atomic mass is 10.0. The quantitative estimate of drug-likeness (QED) is 0.807. The highest BCUT2D eigenvalue weighted by Crippen LogP contribution is 2.23. The molecule has 0 radical (unpaired) electrons. The van der Waals surface area contributed by atoms with Crippen molar-refractivity contribution < 1.29 is 18.7 Å². The van der Waals surface area contributed by atoms with Crippen LogP contribution in [0.5, 0.6) is 5.75 Å². The summed E-state index contributed by atoms with van der Waals surface area (Å²) in [6, 6.07) is 4.21. The number of halogens is 1. The first-order valence-electron chi connectivity index (χ1n) is 7.32. The van der Waals surface area contributed by atoms with E-state index in [0.717, 1.165) is 0 Å². The van der Waals surface area contributed by atoms with Crippen LogP contribution in [-0.4, -0.2) is 29.9 Å². The fourth-order valence-corrected chi connectivity index (χ4v) is 2.53. The van der Waals surface area contributed by atoms with Gasteiger partial charge in [-0.25, -0.2) is 4.39 Å². The van der Waals surface area contributed by atoms with E-state index in [0.29, 0.717) is 36.6 Å². The van der Waals surface area contributed by atoms with Gasteiger partial charge in [0.2, 0.25) is 0 Å². The summed E-state index contributed by atoms with van der Waals surface area (Å²) in [5.41, 5.74) is 1.27. The van der Waals surface area contributed by atoms with Gasteiger partial charge in [-0.15, -0.1) is 0 Å². The van der Waals surface area contributed by atoms with Crippen LogP contribution in [0.2, 0.25) is 0 Å². The largest absolute Gasteiger partial charge is 0.494 e. The Labute approximate surface area is 132 Å². The molecular formula is C16H16FN3O3. The number of anilines is 1. The molecule has 0 unspecified atom stereocenters. The molecule has 2 heterocycles. The van der Waals surface area contributed by atoms with E-state index in [2.05, 4.69) is 15.6 Å². The molecule has 0 fully saturated rings. The van der Waals surface area contributed by atoms with Crippen LogP contribution in [-0.2, 0) is 6.42 Å². The van der Waals surface area contributed by atoms with Crippen molar-refractivity contribution in [3.8, 4) is 5.75 Å². The monoisotopic (exact) mass is 317 g/mol. The summed E-state index contributed by atoms with van der Waals surface area (Å²) < 4.78 is 19.2. The first kappa shape index (κ1) is 15.1. The Kier molecular flexibility index (Phi) is 4.01. The molecular weight excluding hydrogens is 301 g/mol. The van der Waals surface area contributed by atoms with E-state index in [9.17, 15) is 14.0 Å². The number of carbonyl (C=O) groups excluding carboxylic acids is 2. The van der Waals surface area contributed by atoms with E-state index in [1.54, 1.807) is 13.0 Å². The number of nitrogens with one attached hydrogen (secondary N) is 3. The molecule has 0 atom stereocenters. The highest BCUT2D eigenvalue weighted by molar-refractivity contribution is 6.13. The first-order valence-corrected chi connectivity index (χ1v) is 7.32. The summed E-state index contributed by atoms with van der Waals surface area (Å²) in [5.74, 6) is -1.05. The molecule has 23 heavy (non-hydrogen) atoms. The third kappa shape index (κ3) is 2.90. The van der Waals surface area contributed by atoms with Gasteiger partial charge in [-0.2, -0.15) is 0 Å². The predicted octanol–water partition coefficient (Wildman–Crippen LogP) is 2.09. The lowest BCUT2D eigenvalue weighted by molar-refractivity contribution is 0.0933. The van der Waals surface area contributed by atoms with Crippen LogP contribution in [0, 0.1) is 5.82 Å². The molecule has 3 rings (SSSR count). The van der Waals surface area contributed by atoms with Gasteiger partial charge in [-0.05, 0) is 19.1 Å². The van der Waals surface area contributed by atoms with Gasteiger partial charge < -0.3 is 20.4 Å². The second-order valence-electron chi connectivity index (χ2n) is 5.09. The van der Waals surface area contributed by atoms with Gasteiger partial charge in [0.1, 0.15) is 11.6 Å². The predicted molar refractivity (Wildman–Crippen MR) is 82.4 cm³/mol. The third-order valence-corrected chi connectivity index (χ3v) is 3.59. The van der Waals surface area contributed by atoms with Gasteiger partial charge in [-0.3, -0.25) is 9.59 Å². The van der Waals surface area contributed by atoms with Crippen LogP contribution in [0.4, 0.5) is 10.1 Å². The molecule has 1 aromatic carbocycles. The fourth-order valence-electron chi connectivity index (χ4n) is 2.53. The number of ether oxygens (including phenoxy) is 1. The first-order chi connectivity index (χ1) is 11.1. The molecule has 1 aliphatic heterocycles. The van der Waals surface area contributed by atoms with E-state index in [4.69, 9.17) is 4.74 Å². The van der Waals surface area contributed by atoms with Crippen LogP contribution < -0.4 is 15.4 Å². The Hall–Kier alpha value is -2.83. The molecule has 1 aliphatic rings. The Morgan fingerprint density at radius 2 is 2.26 bits per heavy atom. The number of hydrogen-bond donors (Lipinski definition) is 3. The van der Waals surface area contributed by atoms with Gasteiger partial charge in [-0.1, -0.05) is 0 Å². The van der Waals surface area contributed by atoms with Gasteiger partial charge in [0.05, 0.1) is 23.4 Å². The van der Waals surface area contributed by atoms with Crippen molar-refractivity contribution in [1.29, 1.82) is 0 Å². The lowest BCUT2D eigenvalue weighted by Crippen LogP contribution is -2.33. The smallest absolute Gasteiger partial charge is 0.258 e. The zero-order chi connectivity index (χ0) is 16.4. The number of rotatable bonds is 4. The Morgan fingerprint density at radius 1 is 1.43 bits per heavy atom. The average Bonchev–Trinajstić information content (AvgIpc) is 2.96. The third-order valence-electron chi connectivity index (χ3n) is 3.59. The number of aromatic nitrogens is 1. The van der Waals surface area contributed by atoms with Crippen molar-refractivity contribution in [1.82, 2.24) is 10.3 Å². The number of H-pyrrole nitrogens is 1.